The van der Waals surface area contributed by atoms with Gasteiger partial charge in [0.15, 0.2) is 0 Å². The first-order valence-corrected chi connectivity index (χ1v) is 7.90. The summed E-state index contributed by atoms with van der Waals surface area (Å²) in [5, 5.41) is 4.11. The van der Waals surface area contributed by atoms with E-state index >= 15 is 0 Å². The van der Waals surface area contributed by atoms with E-state index in [2.05, 4.69) is 71.7 Å². The van der Waals surface area contributed by atoms with E-state index in [4.69, 9.17) is 0 Å². The maximum absolute atomic E-state index is 3.59. The number of H-pyrrole nitrogens is 1. The molecule has 1 N–H and O–H groups in total. The topological polar surface area (TPSA) is 15.8 Å². The van der Waals surface area contributed by atoms with Crippen LogP contribution < -0.4 is 5.19 Å². The Bertz CT molecular complexity index is 907. The van der Waals surface area contributed by atoms with Gasteiger partial charge in [-0.15, -0.1) is 0 Å². The van der Waals surface area contributed by atoms with Crippen molar-refractivity contribution in [2.75, 3.05) is 0 Å². The van der Waals surface area contributed by atoms with Gasteiger partial charge in [0.2, 0.25) is 0 Å². The van der Waals surface area contributed by atoms with Gasteiger partial charge in [0.25, 0.3) is 0 Å². The molecule has 0 saturated heterocycles. The van der Waals surface area contributed by atoms with Gasteiger partial charge in [-0.25, -0.2) is 0 Å². The Morgan fingerprint density at radius 3 is 2.30 bits per heavy atom. The van der Waals surface area contributed by atoms with Crippen LogP contribution in [0.25, 0.3) is 32.9 Å². The van der Waals surface area contributed by atoms with Crippen molar-refractivity contribution in [1.82, 2.24) is 4.98 Å². The molecule has 0 radical (unpaired) electrons. The van der Waals surface area contributed by atoms with Gasteiger partial charge >= 0.3 is 0 Å². The van der Waals surface area contributed by atoms with Crippen LogP contribution in [-0.4, -0.2) is 15.2 Å². The highest BCUT2D eigenvalue weighted by Crippen LogP contribution is 2.27. The van der Waals surface area contributed by atoms with Crippen molar-refractivity contribution in [2.45, 2.75) is 0 Å². The highest BCUT2D eigenvalue weighted by molar-refractivity contribution is 6.43. The predicted molar refractivity (Wildman–Crippen MR) is 90.8 cm³/mol. The van der Waals surface area contributed by atoms with Crippen molar-refractivity contribution < 1.29 is 0 Å². The van der Waals surface area contributed by atoms with Gasteiger partial charge in [-0.05, 0) is 22.4 Å². The van der Waals surface area contributed by atoms with Crippen LogP contribution in [-0.2, 0) is 0 Å². The molecule has 0 atom stereocenters. The molecule has 0 aliphatic carbocycles. The second kappa shape index (κ2) is 4.36. The molecule has 0 aliphatic heterocycles. The molecule has 4 rings (SSSR count). The van der Waals surface area contributed by atoms with E-state index in [0.29, 0.717) is 0 Å². The minimum Gasteiger partial charge on any atom is -0.355 e. The Morgan fingerprint density at radius 2 is 1.45 bits per heavy atom. The van der Waals surface area contributed by atoms with Crippen LogP contribution in [0.3, 0.4) is 0 Å². The summed E-state index contributed by atoms with van der Waals surface area (Å²) in [5.41, 5.74) is 5.19. The number of hydrogen-bond acceptors (Lipinski definition) is 0. The molecule has 0 bridgehead atoms. The van der Waals surface area contributed by atoms with Crippen LogP contribution in [0, 0.1) is 0 Å². The molecule has 4 aromatic rings. The molecule has 20 heavy (non-hydrogen) atoms. The third kappa shape index (κ3) is 1.62. The van der Waals surface area contributed by atoms with E-state index < -0.39 is 0 Å². The summed E-state index contributed by atoms with van der Waals surface area (Å²) in [4.78, 5) is 3.59. The highest BCUT2D eigenvalue weighted by atomic mass is 28.1. The number of aromatic nitrogens is 1. The lowest BCUT2D eigenvalue weighted by molar-refractivity contribution is 1.56. The van der Waals surface area contributed by atoms with E-state index in [1.807, 2.05) is 0 Å². The number of aromatic amines is 1. The first kappa shape index (κ1) is 11.5. The maximum Gasteiger partial charge on any atom is 0.0464 e. The Kier molecular flexibility index (Phi) is 2.50. The van der Waals surface area contributed by atoms with Crippen LogP contribution >= 0.6 is 0 Å². The molecule has 3 aromatic carbocycles. The second-order valence-corrected chi connectivity index (χ2v) is 6.20. The molecule has 0 spiro atoms. The van der Waals surface area contributed by atoms with Gasteiger partial charge < -0.3 is 4.98 Å². The van der Waals surface area contributed by atoms with E-state index in [1.54, 1.807) is 0 Å². The van der Waals surface area contributed by atoms with E-state index in [0.717, 1.165) is 10.2 Å². The largest absolute Gasteiger partial charge is 0.355 e. The van der Waals surface area contributed by atoms with Gasteiger partial charge in [-0.3, -0.25) is 0 Å². The number of nitrogens with one attached hydrogen (secondary N) is 1. The van der Waals surface area contributed by atoms with Crippen LogP contribution in [0.4, 0.5) is 0 Å². The molecule has 2 heteroatoms. The zero-order chi connectivity index (χ0) is 13.5. The number of fused-ring (bicyclic) bond motifs is 3. The molecule has 1 heterocycles. The zero-order valence-electron chi connectivity index (χ0n) is 11.4. The van der Waals surface area contributed by atoms with Crippen LogP contribution in [0.5, 0.6) is 0 Å². The molecule has 96 valence electrons. The second-order valence-electron chi connectivity index (χ2n) is 5.20. The minimum absolute atomic E-state index is 1.03. The molecule has 1 aromatic heterocycles. The quantitative estimate of drug-likeness (QED) is 0.513. The standard InChI is InChI=1S/C18H15NSi/c20-18-13(12-6-2-1-3-7-12)10-11-15-14-8-4-5-9-16(14)19-17(15)18/h1-11,19H,20H3. The van der Waals surface area contributed by atoms with Crippen molar-refractivity contribution >= 4 is 37.2 Å². The van der Waals surface area contributed by atoms with E-state index in [9.17, 15) is 0 Å². The van der Waals surface area contributed by atoms with Crippen molar-refractivity contribution in [1.29, 1.82) is 0 Å². The molecule has 0 unspecified atom stereocenters. The molecule has 0 aliphatic rings. The Hall–Kier alpha value is -2.32. The fourth-order valence-corrected chi connectivity index (χ4v) is 3.84. The van der Waals surface area contributed by atoms with Gasteiger partial charge in [-0.2, -0.15) is 0 Å². The predicted octanol–water partition coefficient (Wildman–Crippen LogP) is 2.98. The number of para-hydroxylation sites is 1. The fourth-order valence-electron chi connectivity index (χ4n) is 2.99. The van der Waals surface area contributed by atoms with E-state index in [-0.39, 0.29) is 0 Å². The summed E-state index contributed by atoms with van der Waals surface area (Å²) in [6.07, 6.45) is 0. The first-order chi connectivity index (χ1) is 9.84. The lowest BCUT2D eigenvalue weighted by Crippen LogP contribution is -2.08. The van der Waals surface area contributed by atoms with Crippen LogP contribution in [0.15, 0.2) is 66.7 Å². The van der Waals surface area contributed by atoms with Crippen molar-refractivity contribution in [3.05, 3.63) is 66.7 Å². The smallest absolute Gasteiger partial charge is 0.0464 e. The average Bonchev–Trinajstić information content (AvgIpc) is 2.88. The average molecular weight is 273 g/mol. The Labute approximate surface area is 120 Å². The Morgan fingerprint density at radius 1 is 0.700 bits per heavy atom. The third-order valence-corrected chi connectivity index (χ3v) is 5.07. The highest BCUT2D eigenvalue weighted by Gasteiger charge is 2.09. The molecular weight excluding hydrogens is 258 g/mol. The van der Waals surface area contributed by atoms with E-state index in [1.165, 1.54) is 38.1 Å². The third-order valence-electron chi connectivity index (χ3n) is 4.03. The maximum atomic E-state index is 3.59. The number of rotatable bonds is 1. The SMILES string of the molecule is [SiH3]c1c(-c2ccccc2)ccc2c1[nH]c1ccccc12. The summed E-state index contributed by atoms with van der Waals surface area (Å²) in [7, 11) is 1.03. The summed E-state index contributed by atoms with van der Waals surface area (Å²) >= 11 is 0. The van der Waals surface area contributed by atoms with Gasteiger partial charge in [0, 0.05) is 32.0 Å². The van der Waals surface area contributed by atoms with Crippen LogP contribution in [0.2, 0.25) is 0 Å². The normalized spacial score (nSPS) is 11.4. The minimum atomic E-state index is 1.03. The molecule has 0 amide bonds. The van der Waals surface area contributed by atoms with Crippen molar-refractivity contribution in [3.8, 4) is 11.1 Å². The summed E-state index contributed by atoms with van der Waals surface area (Å²) < 4.78 is 0. The summed E-state index contributed by atoms with van der Waals surface area (Å²) in [6, 6.07) is 23.7. The lowest BCUT2D eigenvalue weighted by atomic mass is 10.0. The Balaban J connectivity index is 2.07. The molecular formula is C18H15NSi. The lowest BCUT2D eigenvalue weighted by Gasteiger charge is -2.07. The monoisotopic (exact) mass is 273 g/mol. The van der Waals surface area contributed by atoms with Gasteiger partial charge in [0.05, 0.1) is 0 Å². The van der Waals surface area contributed by atoms with Crippen molar-refractivity contribution in [2.24, 2.45) is 0 Å². The number of hydrogen-bond donors (Lipinski definition) is 1. The summed E-state index contributed by atoms with van der Waals surface area (Å²) in [5.74, 6) is 0. The summed E-state index contributed by atoms with van der Waals surface area (Å²) in [6.45, 7) is 0. The first-order valence-electron chi connectivity index (χ1n) is 6.90. The molecule has 0 fully saturated rings. The van der Waals surface area contributed by atoms with Crippen molar-refractivity contribution in [3.63, 3.8) is 0 Å². The van der Waals surface area contributed by atoms with Gasteiger partial charge in [0.1, 0.15) is 0 Å². The zero-order valence-corrected chi connectivity index (χ0v) is 13.4. The van der Waals surface area contributed by atoms with Gasteiger partial charge in [-0.1, -0.05) is 60.7 Å². The fraction of sp³-hybridized carbons (Fsp3) is 0. The van der Waals surface area contributed by atoms with Crippen LogP contribution in [0.1, 0.15) is 0 Å². The molecule has 1 nitrogen and oxygen atoms in total. The molecule has 0 saturated carbocycles. The number of benzene rings is 3.